The number of likely N-dealkylation sites (N-methyl/N-ethyl adjacent to an activating group) is 1. The van der Waals surface area contributed by atoms with Crippen molar-refractivity contribution in [3.63, 3.8) is 0 Å². The molecule has 0 heterocycles. The standard InChI is InChI=1S/C14H19N3O6/c1-17(2,3)8-11(18)13(19)15-12(14(20)21)9-6-4-5-7-10(9)16(22)23/h4-7,11-12,18H,8H2,1-3H3,(H-,15,19,20,21)/p+1. The molecule has 1 aromatic carbocycles. The summed E-state index contributed by atoms with van der Waals surface area (Å²) in [5.74, 6) is -2.35. The summed E-state index contributed by atoms with van der Waals surface area (Å²) in [5.41, 5.74) is -0.572. The maximum Gasteiger partial charge on any atom is 0.331 e. The number of rotatable bonds is 7. The molecule has 126 valence electrons. The molecule has 0 aliphatic heterocycles. The Morgan fingerprint density at radius 2 is 1.87 bits per heavy atom. The number of nitro benzene ring substituents is 1. The molecular weight excluding hydrogens is 306 g/mol. The number of nitro groups is 1. The van der Waals surface area contributed by atoms with Crippen molar-refractivity contribution in [2.45, 2.75) is 12.1 Å². The Balaban J connectivity index is 3.04. The van der Waals surface area contributed by atoms with E-state index in [1.54, 1.807) is 21.1 Å². The normalized spacial score (nSPS) is 13.9. The van der Waals surface area contributed by atoms with Crippen LogP contribution in [-0.2, 0) is 9.59 Å². The van der Waals surface area contributed by atoms with Crippen molar-refractivity contribution in [1.82, 2.24) is 5.32 Å². The van der Waals surface area contributed by atoms with E-state index >= 15 is 0 Å². The lowest BCUT2D eigenvalue weighted by molar-refractivity contribution is -0.872. The molecule has 0 aliphatic carbocycles. The van der Waals surface area contributed by atoms with Gasteiger partial charge in [0.05, 0.1) is 31.6 Å². The number of aliphatic carboxylic acids is 1. The second-order valence-corrected chi connectivity index (χ2v) is 6.08. The van der Waals surface area contributed by atoms with Crippen molar-refractivity contribution in [2.24, 2.45) is 0 Å². The first kappa shape index (κ1) is 18.5. The maximum atomic E-state index is 12.0. The molecule has 9 heteroatoms. The zero-order valence-electron chi connectivity index (χ0n) is 13.1. The Bertz CT molecular complexity index is 611. The molecule has 2 unspecified atom stereocenters. The van der Waals surface area contributed by atoms with Crippen LogP contribution in [0.15, 0.2) is 24.3 Å². The van der Waals surface area contributed by atoms with Crippen LogP contribution < -0.4 is 5.32 Å². The zero-order valence-corrected chi connectivity index (χ0v) is 13.1. The summed E-state index contributed by atoms with van der Waals surface area (Å²) in [5, 5.41) is 32.3. The average Bonchev–Trinajstić information content (AvgIpc) is 2.42. The molecule has 0 bridgehead atoms. The number of hydrogen-bond acceptors (Lipinski definition) is 5. The predicted octanol–water partition coefficient (Wildman–Crippen LogP) is -0.0962. The Hall–Kier alpha value is -2.52. The van der Waals surface area contributed by atoms with Crippen LogP contribution in [0.25, 0.3) is 0 Å². The Kier molecular flexibility index (Phi) is 5.77. The molecule has 1 aromatic rings. The van der Waals surface area contributed by atoms with E-state index in [0.717, 1.165) is 6.07 Å². The van der Waals surface area contributed by atoms with Gasteiger partial charge in [-0.25, -0.2) is 4.79 Å². The lowest BCUT2D eigenvalue weighted by atomic mass is 10.0. The highest BCUT2D eigenvalue weighted by Gasteiger charge is 2.32. The fourth-order valence-electron chi connectivity index (χ4n) is 2.01. The molecule has 0 spiro atoms. The van der Waals surface area contributed by atoms with Crippen molar-refractivity contribution < 1.29 is 29.2 Å². The highest BCUT2D eigenvalue weighted by atomic mass is 16.6. The summed E-state index contributed by atoms with van der Waals surface area (Å²) < 4.78 is 0.289. The van der Waals surface area contributed by atoms with E-state index in [4.69, 9.17) is 0 Å². The second-order valence-electron chi connectivity index (χ2n) is 6.08. The number of nitrogens with one attached hydrogen (secondary N) is 1. The Morgan fingerprint density at radius 1 is 1.30 bits per heavy atom. The summed E-state index contributed by atoms with van der Waals surface area (Å²) in [6.45, 7) is 0.0645. The molecule has 1 amide bonds. The van der Waals surface area contributed by atoms with Crippen LogP contribution in [-0.4, -0.2) is 65.3 Å². The molecule has 0 radical (unpaired) electrons. The van der Waals surface area contributed by atoms with Gasteiger partial charge in [-0.15, -0.1) is 0 Å². The minimum absolute atomic E-state index is 0.0645. The quantitative estimate of drug-likeness (QED) is 0.364. The molecule has 1 rings (SSSR count). The zero-order chi connectivity index (χ0) is 17.8. The summed E-state index contributed by atoms with van der Waals surface area (Å²) in [7, 11) is 5.27. The van der Waals surface area contributed by atoms with Gasteiger partial charge in [-0.1, -0.05) is 12.1 Å². The minimum atomic E-state index is -1.62. The first-order chi connectivity index (χ1) is 10.5. The molecule has 0 aliphatic rings. The summed E-state index contributed by atoms with van der Waals surface area (Å²) >= 11 is 0. The highest BCUT2D eigenvalue weighted by molar-refractivity contribution is 5.87. The summed E-state index contributed by atoms with van der Waals surface area (Å²) in [4.78, 5) is 33.7. The van der Waals surface area contributed by atoms with E-state index in [1.165, 1.54) is 18.2 Å². The van der Waals surface area contributed by atoms with Gasteiger partial charge in [0.2, 0.25) is 0 Å². The average molecular weight is 326 g/mol. The lowest BCUT2D eigenvalue weighted by Crippen LogP contribution is -2.49. The van der Waals surface area contributed by atoms with Crippen LogP contribution in [0.3, 0.4) is 0 Å². The fourth-order valence-corrected chi connectivity index (χ4v) is 2.01. The number of benzene rings is 1. The second kappa shape index (κ2) is 7.16. The van der Waals surface area contributed by atoms with Crippen LogP contribution in [0.5, 0.6) is 0 Å². The Morgan fingerprint density at radius 3 is 2.35 bits per heavy atom. The molecule has 0 fully saturated rings. The molecule has 9 nitrogen and oxygen atoms in total. The van der Waals surface area contributed by atoms with E-state index in [9.17, 15) is 29.9 Å². The molecule has 23 heavy (non-hydrogen) atoms. The van der Waals surface area contributed by atoms with E-state index in [2.05, 4.69) is 5.32 Å². The third-order valence-corrected chi connectivity index (χ3v) is 3.00. The molecule has 2 atom stereocenters. The van der Waals surface area contributed by atoms with Crippen LogP contribution >= 0.6 is 0 Å². The fraction of sp³-hybridized carbons (Fsp3) is 0.429. The van der Waals surface area contributed by atoms with E-state index in [-0.39, 0.29) is 16.6 Å². The number of carbonyl (C=O) groups excluding carboxylic acids is 1. The van der Waals surface area contributed by atoms with Crippen LogP contribution in [0.1, 0.15) is 11.6 Å². The van der Waals surface area contributed by atoms with Crippen molar-refractivity contribution >= 4 is 17.6 Å². The monoisotopic (exact) mass is 326 g/mol. The highest BCUT2D eigenvalue weighted by Crippen LogP contribution is 2.25. The van der Waals surface area contributed by atoms with Gasteiger partial charge in [-0.3, -0.25) is 14.9 Å². The van der Waals surface area contributed by atoms with Gasteiger partial charge in [-0.05, 0) is 6.07 Å². The molecule has 0 aromatic heterocycles. The van der Waals surface area contributed by atoms with Gasteiger partial charge in [0.15, 0.2) is 12.1 Å². The SMILES string of the molecule is C[N+](C)(C)CC(O)C(=O)NC(C(=O)O)c1ccccc1[N+](=O)[O-]. The van der Waals surface area contributed by atoms with Gasteiger partial charge in [0.25, 0.3) is 11.6 Å². The van der Waals surface area contributed by atoms with Crippen molar-refractivity contribution in [3.05, 3.63) is 39.9 Å². The van der Waals surface area contributed by atoms with Crippen molar-refractivity contribution in [1.29, 1.82) is 0 Å². The largest absolute Gasteiger partial charge is 0.479 e. The minimum Gasteiger partial charge on any atom is -0.479 e. The van der Waals surface area contributed by atoms with Gasteiger partial charge >= 0.3 is 5.97 Å². The maximum absolute atomic E-state index is 12.0. The number of para-hydroxylation sites is 1. The topological polar surface area (TPSA) is 130 Å². The summed E-state index contributed by atoms with van der Waals surface area (Å²) in [6, 6.07) is 3.62. The van der Waals surface area contributed by atoms with Gasteiger partial charge in [0.1, 0.15) is 6.54 Å². The smallest absolute Gasteiger partial charge is 0.331 e. The third-order valence-electron chi connectivity index (χ3n) is 3.00. The van der Waals surface area contributed by atoms with Gasteiger partial charge in [-0.2, -0.15) is 0 Å². The molecule has 0 saturated heterocycles. The number of nitrogens with zero attached hydrogens (tertiary/aromatic N) is 2. The first-order valence-electron chi connectivity index (χ1n) is 6.78. The first-order valence-corrected chi connectivity index (χ1v) is 6.78. The van der Waals surface area contributed by atoms with Crippen molar-refractivity contribution in [3.8, 4) is 0 Å². The number of carboxylic acids is 1. The number of carbonyl (C=O) groups is 2. The number of aliphatic hydroxyl groups excluding tert-OH is 1. The van der Waals surface area contributed by atoms with E-state index < -0.39 is 34.6 Å². The van der Waals surface area contributed by atoms with Gasteiger partial charge < -0.3 is 20.0 Å². The number of amides is 1. The summed E-state index contributed by atoms with van der Waals surface area (Å²) in [6.07, 6.45) is -1.43. The van der Waals surface area contributed by atoms with Crippen LogP contribution in [0.4, 0.5) is 5.69 Å². The number of aliphatic hydroxyl groups is 1. The predicted molar refractivity (Wildman–Crippen MR) is 80.5 cm³/mol. The Labute approximate surface area is 132 Å². The molecular formula is C14H20N3O6+. The number of hydrogen-bond donors (Lipinski definition) is 3. The lowest BCUT2D eigenvalue weighted by Gasteiger charge is -2.26. The van der Waals surface area contributed by atoms with E-state index in [0.29, 0.717) is 0 Å². The molecule has 0 saturated carbocycles. The van der Waals surface area contributed by atoms with Crippen molar-refractivity contribution in [2.75, 3.05) is 27.7 Å². The number of quaternary nitrogens is 1. The third kappa shape index (κ3) is 5.31. The number of carboxylic acid groups (broad SMARTS) is 1. The van der Waals surface area contributed by atoms with Crippen LogP contribution in [0, 0.1) is 10.1 Å². The van der Waals surface area contributed by atoms with E-state index in [1.807, 2.05) is 0 Å². The molecule has 3 N–H and O–H groups in total. The van der Waals surface area contributed by atoms with Crippen LogP contribution in [0.2, 0.25) is 0 Å². The van der Waals surface area contributed by atoms with Gasteiger partial charge in [0, 0.05) is 6.07 Å².